The Morgan fingerprint density at radius 1 is 1.19 bits per heavy atom. The molecule has 0 radical (unpaired) electrons. The van der Waals surface area contributed by atoms with E-state index in [0.29, 0.717) is 12.2 Å². The van der Waals surface area contributed by atoms with Crippen LogP contribution in [0, 0.1) is 5.82 Å². The van der Waals surface area contributed by atoms with E-state index in [1.807, 2.05) is 18.2 Å². The molecular weight excluding hydrogens is 419 g/mol. The number of carbonyl (C=O) groups excluding carboxylic acids is 1. The highest BCUT2D eigenvalue weighted by atomic mass is 32.1. The van der Waals surface area contributed by atoms with Crippen LogP contribution in [0.25, 0.3) is 0 Å². The van der Waals surface area contributed by atoms with Crippen LogP contribution in [0.2, 0.25) is 0 Å². The fraction of sp³-hybridized carbons (Fsp3) is 0.318. The molecule has 1 amide bonds. The summed E-state index contributed by atoms with van der Waals surface area (Å²) in [6.07, 6.45) is 2.08. The third-order valence-electron chi connectivity index (χ3n) is 5.26. The number of anilines is 1. The Kier molecular flexibility index (Phi) is 6.43. The molecule has 0 saturated carbocycles. The summed E-state index contributed by atoms with van der Waals surface area (Å²) in [5.74, 6) is 0.842. The molecule has 1 atom stereocenters. The second-order valence-corrected chi connectivity index (χ2v) is 8.26. The number of ether oxygens (including phenoxy) is 2. The standard InChI is InChI=1S/C22H23FN4O3S/c1-29-16-9-10-17(19(12-16)30-2)18-4-3-11-27(18)13-20-25-26-22(31-20)21(28)24-15-7-5-14(23)6-8-15/h5-10,12,18H,3-4,11,13H2,1-2H3,(H,24,28). The quantitative estimate of drug-likeness (QED) is 0.589. The second-order valence-electron chi connectivity index (χ2n) is 7.20. The van der Waals surface area contributed by atoms with Crippen LogP contribution in [-0.2, 0) is 6.54 Å². The highest BCUT2D eigenvalue weighted by Crippen LogP contribution is 2.39. The molecule has 1 aliphatic heterocycles. The lowest BCUT2D eigenvalue weighted by Crippen LogP contribution is -2.23. The Hall–Kier alpha value is -3.04. The number of amides is 1. The van der Waals surface area contributed by atoms with Crippen molar-refractivity contribution in [3.8, 4) is 11.5 Å². The minimum atomic E-state index is -0.357. The predicted molar refractivity (Wildman–Crippen MR) is 116 cm³/mol. The van der Waals surface area contributed by atoms with Crippen LogP contribution in [0.4, 0.5) is 10.1 Å². The van der Waals surface area contributed by atoms with E-state index < -0.39 is 0 Å². The van der Waals surface area contributed by atoms with Crippen molar-refractivity contribution in [1.29, 1.82) is 0 Å². The van der Waals surface area contributed by atoms with Crippen LogP contribution in [0.1, 0.15) is 39.3 Å². The summed E-state index contributed by atoms with van der Waals surface area (Å²) in [5.41, 5.74) is 1.62. The van der Waals surface area contributed by atoms with E-state index in [1.54, 1.807) is 14.2 Å². The van der Waals surface area contributed by atoms with Crippen LogP contribution in [0.5, 0.6) is 11.5 Å². The molecule has 0 bridgehead atoms. The molecule has 0 aliphatic carbocycles. The molecule has 2 heterocycles. The van der Waals surface area contributed by atoms with Crippen molar-refractivity contribution >= 4 is 22.9 Å². The van der Waals surface area contributed by atoms with Crippen LogP contribution in [-0.4, -0.2) is 41.8 Å². The van der Waals surface area contributed by atoms with Crippen LogP contribution in [0.3, 0.4) is 0 Å². The van der Waals surface area contributed by atoms with Crippen molar-refractivity contribution < 1.29 is 18.7 Å². The monoisotopic (exact) mass is 442 g/mol. The minimum Gasteiger partial charge on any atom is -0.497 e. The molecule has 31 heavy (non-hydrogen) atoms. The molecule has 1 N–H and O–H groups in total. The SMILES string of the molecule is COc1ccc(C2CCCN2Cc2nnc(C(=O)Nc3ccc(F)cc3)s2)c(OC)c1. The average molecular weight is 443 g/mol. The summed E-state index contributed by atoms with van der Waals surface area (Å²) in [6.45, 7) is 1.53. The Labute approximate surface area is 183 Å². The van der Waals surface area contributed by atoms with Gasteiger partial charge in [0, 0.05) is 23.4 Å². The van der Waals surface area contributed by atoms with Gasteiger partial charge in [-0.2, -0.15) is 0 Å². The maximum Gasteiger partial charge on any atom is 0.286 e. The zero-order valence-electron chi connectivity index (χ0n) is 17.3. The first kappa shape index (κ1) is 21.2. The van der Waals surface area contributed by atoms with E-state index >= 15 is 0 Å². The van der Waals surface area contributed by atoms with Gasteiger partial charge in [-0.25, -0.2) is 4.39 Å². The number of nitrogens with zero attached hydrogens (tertiary/aromatic N) is 3. The fourth-order valence-corrected chi connectivity index (χ4v) is 4.52. The van der Waals surface area contributed by atoms with E-state index in [9.17, 15) is 9.18 Å². The van der Waals surface area contributed by atoms with Crippen molar-refractivity contribution in [1.82, 2.24) is 15.1 Å². The third kappa shape index (κ3) is 4.83. The average Bonchev–Trinajstić information content (AvgIpc) is 3.45. The summed E-state index contributed by atoms with van der Waals surface area (Å²) in [6, 6.07) is 11.7. The Bertz CT molecular complexity index is 1060. The zero-order chi connectivity index (χ0) is 21.8. The molecular formula is C22H23FN4O3S. The van der Waals surface area contributed by atoms with Gasteiger partial charge in [-0.3, -0.25) is 9.69 Å². The van der Waals surface area contributed by atoms with Gasteiger partial charge >= 0.3 is 0 Å². The molecule has 1 fully saturated rings. The Morgan fingerprint density at radius 2 is 2.00 bits per heavy atom. The summed E-state index contributed by atoms with van der Waals surface area (Å²) in [5, 5.41) is 12.0. The fourth-order valence-electron chi connectivity index (χ4n) is 3.76. The van der Waals surface area contributed by atoms with E-state index in [0.717, 1.165) is 41.5 Å². The van der Waals surface area contributed by atoms with E-state index in [1.165, 1.54) is 35.6 Å². The van der Waals surface area contributed by atoms with Gasteiger partial charge < -0.3 is 14.8 Å². The maximum atomic E-state index is 13.0. The summed E-state index contributed by atoms with van der Waals surface area (Å²) in [7, 11) is 3.30. The molecule has 162 valence electrons. The number of nitrogens with one attached hydrogen (secondary N) is 1. The van der Waals surface area contributed by atoms with Gasteiger partial charge in [0.05, 0.1) is 20.8 Å². The highest BCUT2D eigenvalue weighted by Gasteiger charge is 2.29. The lowest BCUT2D eigenvalue weighted by Gasteiger charge is -2.25. The number of halogens is 1. The predicted octanol–water partition coefficient (Wildman–Crippen LogP) is 4.28. The number of rotatable bonds is 7. The van der Waals surface area contributed by atoms with Crippen molar-refractivity contribution in [2.24, 2.45) is 0 Å². The van der Waals surface area contributed by atoms with Crippen molar-refractivity contribution in [2.75, 3.05) is 26.1 Å². The maximum absolute atomic E-state index is 13.0. The molecule has 0 spiro atoms. The molecule has 1 saturated heterocycles. The molecule has 7 nitrogen and oxygen atoms in total. The lowest BCUT2D eigenvalue weighted by atomic mass is 10.0. The van der Waals surface area contributed by atoms with Crippen LogP contribution >= 0.6 is 11.3 Å². The minimum absolute atomic E-state index is 0.196. The van der Waals surface area contributed by atoms with Crippen molar-refractivity contribution in [2.45, 2.75) is 25.4 Å². The third-order valence-corrected chi connectivity index (χ3v) is 6.17. The molecule has 2 aromatic carbocycles. The van der Waals surface area contributed by atoms with Crippen molar-refractivity contribution in [3.05, 3.63) is 63.9 Å². The number of hydrogen-bond acceptors (Lipinski definition) is 7. The van der Waals surface area contributed by atoms with E-state index in [4.69, 9.17) is 9.47 Å². The smallest absolute Gasteiger partial charge is 0.286 e. The largest absolute Gasteiger partial charge is 0.497 e. The summed E-state index contributed by atoms with van der Waals surface area (Å²) in [4.78, 5) is 14.8. The van der Waals surface area contributed by atoms with Gasteiger partial charge in [-0.05, 0) is 49.7 Å². The van der Waals surface area contributed by atoms with Gasteiger partial charge in [-0.1, -0.05) is 17.4 Å². The normalized spacial score (nSPS) is 16.3. The summed E-state index contributed by atoms with van der Waals surface area (Å²) >= 11 is 1.26. The number of carbonyl (C=O) groups is 1. The molecule has 9 heteroatoms. The lowest BCUT2D eigenvalue weighted by molar-refractivity contribution is 0.102. The number of hydrogen-bond donors (Lipinski definition) is 1. The number of likely N-dealkylation sites (tertiary alicyclic amines) is 1. The molecule has 1 unspecified atom stereocenters. The highest BCUT2D eigenvalue weighted by molar-refractivity contribution is 7.13. The topological polar surface area (TPSA) is 76.6 Å². The molecule has 3 aromatic rings. The van der Waals surface area contributed by atoms with Crippen molar-refractivity contribution in [3.63, 3.8) is 0 Å². The Balaban J connectivity index is 1.45. The second kappa shape index (κ2) is 9.40. The number of aromatic nitrogens is 2. The van der Waals surface area contributed by atoms with Gasteiger partial charge in [0.15, 0.2) is 0 Å². The van der Waals surface area contributed by atoms with E-state index in [-0.39, 0.29) is 22.8 Å². The van der Waals surface area contributed by atoms with Crippen LogP contribution in [0.15, 0.2) is 42.5 Å². The molecule has 4 rings (SSSR count). The first-order valence-electron chi connectivity index (χ1n) is 9.92. The number of methoxy groups -OCH3 is 2. The van der Waals surface area contributed by atoms with Gasteiger partial charge in [-0.15, -0.1) is 10.2 Å². The van der Waals surface area contributed by atoms with Gasteiger partial charge in [0.25, 0.3) is 5.91 Å². The molecule has 1 aromatic heterocycles. The van der Waals surface area contributed by atoms with Gasteiger partial charge in [0.2, 0.25) is 5.01 Å². The number of benzene rings is 2. The van der Waals surface area contributed by atoms with Crippen LogP contribution < -0.4 is 14.8 Å². The molecule has 1 aliphatic rings. The Morgan fingerprint density at radius 3 is 2.74 bits per heavy atom. The van der Waals surface area contributed by atoms with Gasteiger partial charge in [0.1, 0.15) is 22.3 Å². The first-order valence-corrected chi connectivity index (χ1v) is 10.7. The zero-order valence-corrected chi connectivity index (χ0v) is 18.1. The van der Waals surface area contributed by atoms with E-state index in [2.05, 4.69) is 20.4 Å². The first-order chi connectivity index (χ1) is 15.1. The summed E-state index contributed by atoms with van der Waals surface area (Å²) < 4.78 is 23.9.